The number of hydrogen-bond donors (Lipinski definition) is 0. The molecule has 0 bridgehead atoms. The Balaban J connectivity index is 1.27. The summed E-state index contributed by atoms with van der Waals surface area (Å²) in [7, 11) is 0. The van der Waals surface area contributed by atoms with E-state index < -0.39 is 0 Å². The third-order valence-corrected chi connectivity index (χ3v) is 9.59. The average Bonchev–Trinajstić information content (AvgIpc) is 3.53. The van der Waals surface area contributed by atoms with Crippen LogP contribution >= 0.6 is 0 Å². The van der Waals surface area contributed by atoms with Gasteiger partial charge in [0.25, 0.3) is 0 Å². The van der Waals surface area contributed by atoms with Crippen LogP contribution in [-0.4, -0.2) is 19.1 Å². The van der Waals surface area contributed by atoms with Gasteiger partial charge < -0.3 is 9.13 Å². The smallest absolute Gasteiger partial charge is 0.0721 e. The summed E-state index contributed by atoms with van der Waals surface area (Å²) in [6.45, 7) is 4.79. The largest absolute Gasteiger partial charge is 0.309 e. The van der Waals surface area contributed by atoms with E-state index in [1.165, 1.54) is 77.6 Å². The van der Waals surface area contributed by atoms with Crippen LogP contribution in [0.5, 0.6) is 0 Å². The Hall–Kier alpha value is -4.70. The fourth-order valence-electron chi connectivity index (χ4n) is 7.64. The van der Waals surface area contributed by atoms with E-state index in [9.17, 15) is 0 Å². The van der Waals surface area contributed by atoms with E-state index in [0.29, 0.717) is 0 Å². The summed E-state index contributed by atoms with van der Waals surface area (Å²) in [5.41, 5.74) is 14.2. The van der Waals surface area contributed by atoms with Crippen molar-refractivity contribution < 1.29 is 0 Å². The zero-order chi connectivity index (χ0) is 27.3. The van der Waals surface area contributed by atoms with Gasteiger partial charge in [-0.2, -0.15) is 0 Å². The van der Waals surface area contributed by atoms with Crippen molar-refractivity contribution in [3.05, 3.63) is 114 Å². The lowest BCUT2D eigenvalue weighted by Crippen LogP contribution is -2.29. The van der Waals surface area contributed by atoms with Crippen LogP contribution in [-0.2, 0) is 11.8 Å². The van der Waals surface area contributed by atoms with E-state index >= 15 is 0 Å². The van der Waals surface area contributed by atoms with Crippen molar-refractivity contribution in [3.63, 3.8) is 0 Å². The second-order valence-corrected chi connectivity index (χ2v) is 12.1. The molecule has 3 aliphatic rings. The van der Waals surface area contributed by atoms with Crippen molar-refractivity contribution in [2.24, 2.45) is 0 Å². The van der Waals surface area contributed by atoms with Gasteiger partial charge in [0.1, 0.15) is 0 Å². The number of allylic oxidation sites excluding steroid dienone is 6. The Labute approximate surface area is 239 Å². The summed E-state index contributed by atoms with van der Waals surface area (Å²) in [6, 6.07) is 18.3. The fourth-order valence-corrected chi connectivity index (χ4v) is 7.64. The lowest BCUT2D eigenvalue weighted by molar-refractivity contribution is 0.654. The zero-order valence-electron chi connectivity index (χ0n) is 23.4. The molecule has 4 heteroatoms. The lowest BCUT2D eigenvalue weighted by Gasteiger charge is -2.39. The number of fused-ring (bicyclic) bond motifs is 8. The monoisotopic (exact) mass is 530 g/mol. The predicted octanol–water partition coefficient (Wildman–Crippen LogP) is 9.01. The molecule has 4 aromatic heterocycles. The molecule has 5 heterocycles. The lowest BCUT2D eigenvalue weighted by atomic mass is 9.70. The minimum Gasteiger partial charge on any atom is -0.309 e. The predicted molar refractivity (Wildman–Crippen MR) is 169 cm³/mol. The third kappa shape index (κ3) is 3.05. The average molecular weight is 531 g/mol. The van der Waals surface area contributed by atoms with Gasteiger partial charge >= 0.3 is 0 Å². The first kappa shape index (κ1) is 23.0. The number of pyridine rings is 2. The molecular weight excluding hydrogens is 500 g/mol. The first-order chi connectivity index (χ1) is 20.1. The summed E-state index contributed by atoms with van der Waals surface area (Å²) in [5.74, 6) is 0. The number of aromatic nitrogens is 4. The topological polar surface area (TPSA) is 35.6 Å². The molecule has 1 aliphatic heterocycles. The van der Waals surface area contributed by atoms with E-state index in [4.69, 9.17) is 0 Å². The summed E-state index contributed by atoms with van der Waals surface area (Å²) in [5, 5.41) is 3.77. The van der Waals surface area contributed by atoms with Crippen LogP contribution in [0, 0.1) is 0 Å². The summed E-state index contributed by atoms with van der Waals surface area (Å²) >= 11 is 0. The quantitative estimate of drug-likeness (QED) is 0.224. The number of rotatable bonds is 2. The highest BCUT2D eigenvalue weighted by molar-refractivity contribution is 6.11. The van der Waals surface area contributed by atoms with Gasteiger partial charge in [-0.15, -0.1) is 0 Å². The van der Waals surface area contributed by atoms with Gasteiger partial charge in [0, 0.05) is 45.9 Å². The van der Waals surface area contributed by atoms with Crippen molar-refractivity contribution in [2.75, 3.05) is 0 Å². The maximum atomic E-state index is 4.52. The Kier molecular flexibility index (Phi) is 4.59. The van der Waals surface area contributed by atoms with E-state index in [0.717, 1.165) is 25.7 Å². The molecule has 0 radical (unpaired) electrons. The van der Waals surface area contributed by atoms with Crippen LogP contribution in [0.4, 0.5) is 0 Å². The van der Waals surface area contributed by atoms with Crippen molar-refractivity contribution in [2.45, 2.75) is 44.9 Å². The van der Waals surface area contributed by atoms with Gasteiger partial charge in [-0.3, -0.25) is 9.97 Å². The maximum absolute atomic E-state index is 4.52. The first-order valence-electron chi connectivity index (χ1n) is 14.7. The molecule has 41 heavy (non-hydrogen) atoms. The second kappa shape index (κ2) is 8.17. The van der Waals surface area contributed by atoms with Gasteiger partial charge in [-0.25, -0.2) is 0 Å². The molecule has 0 N–H and O–H groups in total. The van der Waals surface area contributed by atoms with Crippen LogP contribution < -0.4 is 0 Å². The summed E-state index contributed by atoms with van der Waals surface area (Å²) in [4.78, 5) is 9.03. The number of benzene rings is 2. The Bertz CT molecular complexity index is 2180. The van der Waals surface area contributed by atoms with E-state index in [2.05, 4.69) is 106 Å². The molecule has 2 aromatic carbocycles. The molecule has 9 rings (SSSR count). The Morgan fingerprint density at radius 2 is 1.54 bits per heavy atom. The first-order valence-corrected chi connectivity index (χ1v) is 14.7. The van der Waals surface area contributed by atoms with Crippen LogP contribution in [0.25, 0.3) is 60.8 Å². The summed E-state index contributed by atoms with van der Waals surface area (Å²) < 4.78 is 4.86. The van der Waals surface area contributed by atoms with Gasteiger partial charge in [-0.05, 0) is 96.0 Å². The molecule has 0 saturated carbocycles. The van der Waals surface area contributed by atoms with Crippen molar-refractivity contribution in [1.29, 1.82) is 0 Å². The number of aryl methyl sites for hydroxylation is 1. The van der Waals surface area contributed by atoms with Gasteiger partial charge in [-0.1, -0.05) is 44.2 Å². The highest BCUT2D eigenvalue weighted by Gasteiger charge is 2.39. The highest BCUT2D eigenvalue weighted by atomic mass is 15.0. The molecule has 198 valence electrons. The molecule has 0 spiro atoms. The van der Waals surface area contributed by atoms with Gasteiger partial charge in [0.05, 0.1) is 34.1 Å². The highest BCUT2D eigenvalue weighted by Crippen LogP contribution is 2.52. The van der Waals surface area contributed by atoms with Crippen molar-refractivity contribution in [1.82, 2.24) is 19.1 Å². The second-order valence-electron chi connectivity index (χ2n) is 12.1. The van der Waals surface area contributed by atoms with E-state index in [1.54, 1.807) is 0 Å². The van der Waals surface area contributed by atoms with Crippen molar-refractivity contribution >= 4 is 44.0 Å². The van der Waals surface area contributed by atoms with Gasteiger partial charge in [0.15, 0.2) is 0 Å². The SMILES string of the molecule is CC1(C)C2=CCCc3c2n(c2cnccc32)-c2ccc(-c3ccc4c(c3)c3cnccc3n4C3=CCCC=C3)cc21. The van der Waals surface area contributed by atoms with E-state index in [1.807, 2.05) is 24.8 Å². The van der Waals surface area contributed by atoms with Crippen LogP contribution in [0.1, 0.15) is 49.9 Å². The molecular formula is C37H30N4. The molecule has 0 atom stereocenters. The molecule has 0 amide bonds. The Morgan fingerprint density at radius 1 is 0.707 bits per heavy atom. The molecule has 4 nitrogen and oxygen atoms in total. The number of hydrogen-bond acceptors (Lipinski definition) is 2. The van der Waals surface area contributed by atoms with Crippen LogP contribution in [0.2, 0.25) is 0 Å². The molecule has 0 saturated heterocycles. The fraction of sp³-hybridized carbons (Fsp3) is 0.189. The van der Waals surface area contributed by atoms with Crippen LogP contribution in [0.3, 0.4) is 0 Å². The zero-order valence-corrected chi connectivity index (χ0v) is 23.4. The van der Waals surface area contributed by atoms with E-state index in [-0.39, 0.29) is 5.41 Å². The minimum atomic E-state index is -0.0951. The molecule has 2 aliphatic carbocycles. The van der Waals surface area contributed by atoms with Gasteiger partial charge in [0.2, 0.25) is 0 Å². The van der Waals surface area contributed by atoms with Crippen molar-refractivity contribution in [3.8, 4) is 16.8 Å². The minimum absolute atomic E-state index is 0.0951. The molecule has 0 fully saturated rings. The molecule has 6 aromatic rings. The standard InChI is InChI=1S/C37H30N4/c1-37(2)30-10-6-9-27-26-15-17-39-22-35(26)41(36(27)30)34-14-12-24(20-31(34)37)23-11-13-32-28(19-23)29-21-38-18-16-33(29)40(32)25-7-4-3-5-8-25/h4,7-8,10-22H,3,5-6,9H2,1-2H3. The Morgan fingerprint density at radius 3 is 2.44 bits per heavy atom. The summed E-state index contributed by atoms with van der Waals surface area (Å²) in [6.07, 6.45) is 21.6. The molecule has 0 unspecified atom stereocenters. The third-order valence-electron chi connectivity index (χ3n) is 9.59. The maximum Gasteiger partial charge on any atom is 0.0721 e. The van der Waals surface area contributed by atoms with Crippen LogP contribution in [0.15, 0.2) is 97.6 Å². The normalized spacial score (nSPS) is 17.0. The number of nitrogens with zero attached hydrogens (tertiary/aromatic N) is 4.